The molecule has 7 heteroatoms. The van der Waals surface area contributed by atoms with Crippen molar-refractivity contribution in [2.75, 3.05) is 5.32 Å². The van der Waals surface area contributed by atoms with Crippen LogP contribution in [0, 0.1) is 0 Å². The molecule has 0 aliphatic rings. The fraction of sp³-hybridized carbons (Fsp3) is 0.364. The van der Waals surface area contributed by atoms with Crippen molar-refractivity contribution < 1.29 is 5.21 Å². The molecule has 1 rings (SSSR count). The molecule has 4 N–H and O–H groups in total. The van der Waals surface area contributed by atoms with Gasteiger partial charge in [-0.2, -0.15) is 0 Å². The van der Waals surface area contributed by atoms with Crippen LogP contribution in [0.2, 0.25) is 10.0 Å². The van der Waals surface area contributed by atoms with Gasteiger partial charge in [0.05, 0.1) is 15.7 Å². The first-order chi connectivity index (χ1) is 8.49. The topological polar surface area (TPSA) is 70.6 Å². The average Bonchev–Trinajstić information content (AvgIpc) is 2.38. The average molecular weight is 355 g/mol. The number of nitrogens with zero attached hydrogens (tertiary/aromatic N) is 1. The Bertz CT molecular complexity index is 454. The van der Waals surface area contributed by atoms with Crippen molar-refractivity contribution in [1.29, 1.82) is 0 Å². The van der Waals surface area contributed by atoms with Gasteiger partial charge in [0.1, 0.15) is 5.84 Å². The summed E-state index contributed by atoms with van der Waals surface area (Å²) in [5, 5.41) is 15.6. The molecule has 1 aromatic rings. The van der Waals surface area contributed by atoms with Crippen LogP contribution < -0.4 is 11.1 Å². The van der Waals surface area contributed by atoms with Crippen molar-refractivity contribution in [3.63, 3.8) is 0 Å². The number of nitrogens with two attached hydrogens (primary N) is 1. The third-order valence-corrected chi connectivity index (χ3v) is 4.24. The lowest BCUT2D eigenvalue weighted by atomic mass is 10.1. The molecule has 1 aromatic carbocycles. The molecule has 0 radical (unpaired) electrons. The van der Waals surface area contributed by atoms with Crippen LogP contribution in [0.15, 0.2) is 21.8 Å². The second-order valence-electron chi connectivity index (χ2n) is 3.77. The Kier molecular flexibility index (Phi) is 6.05. The van der Waals surface area contributed by atoms with Gasteiger partial charge in [0.2, 0.25) is 0 Å². The van der Waals surface area contributed by atoms with Crippen LogP contribution in [0.4, 0.5) is 5.69 Å². The summed E-state index contributed by atoms with van der Waals surface area (Å²) >= 11 is 15.5. The maximum Gasteiger partial charge on any atom is 0.141 e. The molecule has 0 amide bonds. The van der Waals surface area contributed by atoms with Gasteiger partial charge in [0.25, 0.3) is 0 Å². The van der Waals surface area contributed by atoms with E-state index in [9.17, 15) is 0 Å². The highest BCUT2D eigenvalue weighted by Crippen LogP contribution is 2.36. The maximum absolute atomic E-state index is 8.56. The van der Waals surface area contributed by atoms with E-state index >= 15 is 0 Å². The second kappa shape index (κ2) is 7.07. The Morgan fingerprint density at radius 1 is 1.50 bits per heavy atom. The predicted molar refractivity (Wildman–Crippen MR) is 79.9 cm³/mol. The second-order valence-corrected chi connectivity index (χ2v) is 5.38. The highest BCUT2D eigenvalue weighted by molar-refractivity contribution is 9.10. The van der Waals surface area contributed by atoms with Crippen molar-refractivity contribution in [1.82, 2.24) is 0 Å². The molecule has 0 bridgehead atoms. The maximum atomic E-state index is 8.56. The molecular formula is C11H14BrCl2N3O. The molecule has 1 unspecified atom stereocenters. The fourth-order valence-electron chi connectivity index (χ4n) is 1.45. The zero-order chi connectivity index (χ0) is 13.7. The number of benzene rings is 1. The van der Waals surface area contributed by atoms with Crippen LogP contribution in [0.25, 0.3) is 0 Å². The van der Waals surface area contributed by atoms with Gasteiger partial charge in [-0.1, -0.05) is 35.3 Å². The number of hydrogen-bond acceptors (Lipinski definition) is 3. The van der Waals surface area contributed by atoms with Crippen LogP contribution in [-0.2, 0) is 0 Å². The van der Waals surface area contributed by atoms with Crippen LogP contribution in [-0.4, -0.2) is 17.1 Å². The van der Waals surface area contributed by atoms with E-state index in [1.807, 2.05) is 19.1 Å². The lowest BCUT2D eigenvalue weighted by molar-refractivity contribution is 0.316. The van der Waals surface area contributed by atoms with Crippen molar-refractivity contribution in [3.8, 4) is 0 Å². The van der Waals surface area contributed by atoms with Gasteiger partial charge < -0.3 is 16.3 Å². The quantitative estimate of drug-likeness (QED) is 0.245. The molecule has 0 aromatic heterocycles. The number of hydrogen-bond donors (Lipinski definition) is 3. The summed E-state index contributed by atoms with van der Waals surface area (Å²) in [5.74, 6) is 0.175. The molecule has 18 heavy (non-hydrogen) atoms. The van der Waals surface area contributed by atoms with Crippen molar-refractivity contribution in [2.24, 2.45) is 10.9 Å². The predicted octanol–water partition coefficient (Wildman–Crippen LogP) is 4.08. The normalized spacial score (nSPS) is 13.4. The van der Waals surface area contributed by atoms with Crippen LogP contribution >= 0.6 is 39.1 Å². The number of amidine groups is 1. The summed E-state index contributed by atoms with van der Waals surface area (Å²) < 4.78 is 0.740. The summed E-state index contributed by atoms with van der Waals surface area (Å²) in [6.45, 7) is 2.00. The van der Waals surface area contributed by atoms with E-state index in [4.69, 9.17) is 34.1 Å². The summed E-state index contributed by atoms with van der Waals surface area (Å²) in [4.78, 5) is 0. The van der Waals surface area contributed by atoms with E-state index in [1.165, 1.54) is 0 Å². The highest BCUT2D eigenvalue weighted by atomic mass is 79.9. The minimum absolute atomic E-state index is 0.0237. The lowest BCUT2D eigenvalue weighted by Crippen LogP contribution is -2.26. The van der Waals surface area contributed by atoms with E-state index in [-0.39, 0.29) is 11.9 Å². The van der Waals surface area contributed by atoms with Gasteiger partial charge in [-0.25, -0.2) is 0 Å². The number of halogens is 3. The third kappa shape index (κ3) is 3.93. The standard InChI is InChI=1S/C11H14BrCl2N3O/c1-2-6(5-9(15)17-18)16-8-4-3-7(12)10(13)11(8)14/h3-4,6,16,18H,2,5H2,1H3,(H2,15,17). The van der Waals surface area contributed by atoms with Crippen molar-refractivity contribution in [3.05, 3.63) is 26.7 Å². The van der Waals surface area contributed by atoms with Crippen LogP contribution in [0.3, 0.4) is 0 Å². The molecule has 100 valence electrons. The zero-order valence-corrected chi connectivity index (χ0v) is 12.8. The molecule has 0 heterocycles. The molecule has 0 saturated carbocycles. The first kappa shape index (κ1) is 15.4. The minimum Gasteiger partial charge on any atom is -0.409 e. The number of rotatable bonds is 5. The molecule has 1 atom stereocenters. The fourth-order valence-corrected chi connectivity index (χ4v) is 2.28. The van der Waals surface area contributed by atoms with E-state index in [0.717, 1.165) is 16.6 Å². The van der Waals surface area contributed by atoms with Gasteiger partial charge >= 0.3 is 0 Å². The van der Waals surface area contributed by atoms with E-state index in [2.05, 4.69) is 26.4 Å². The number of anilines is 1. The largest absolute Gasteiger partial charge is 0.409 e. The van der Waals surface area contributed by atoms with E-state index < -0.39 is 0 Å². The summed E-state index contributed by atoms with van der Waals surface area (Å²) in [6, 6.07) is 3.66. The molecule has 0 spiro atoms. The van der Waals surface area contributed by atoms with Crippen molar-refractivity contribution >= 4 is 50.7 Å². The van der Waals surface area contributed by atoms with E-state index in [0.29, 0.717) is 16.5 Å². The van der Waals surface area contributed by atoms with Gasteiger partial charge in [-0.05, 0) is 34.5 Å². The van der Waals surface area contributed by atoms with Crippen molar-refractivity contribution in [2.45, 2.75) is 25.8 Å². The Morgan fingerprint density at radius 2 is 2.17 bits per heavy atom. The summed E-state index contributed by atoms with van der Waals surface area (Å²) in [7, 11) is 0. The van der Waals surface area contributed by atoms with Crippen LogP contribution in [0.5, 0.6) is 0 Å². The Labute approximate surface area is 124 Å². The Balaban J connectivity index is 2.86. The number of oxime groups is 1. The van der Waals surface area contributed by atoms with Gasteiger partial charge in [0.15, 0.2) is 0 Å². The molecule has 4 nitrogen and oxygen atoms in total. The minimum atomic E-state index is 0.0237. The number of nitrogens with one attached hydrogen (secondary N) is 1. The molecule has 0 aliphatic carbocycles. The van der Waals surface area contributed by atoms with E-state index in [1.54, 1.807) is 0 Å². The SMILES string of the molecule is CCC(C/C(N)=N/O)Nc1ccc(Br)c(Cl)c1Cl. The zero-order valence-electron chi connectivity index (χ0n) is 9.75. The van der Waals surface area contributed by atoms with Crippen LogP contribution in [0.1, 0.15) is 19.8 Å². The molecule has 0 saturated heterocycles. The monoisotopic (exact) mass is 353 g/mol. The molecule has 0 aliphatic heterocycles. The third-order valence-electron chi connectivity index (χ3n) is 2.47. The first-order valence-corrected chi connectivity index (χ1v) is 6.90. The first-order valence-electron chi connectivity index (χ1n) is 5.36. The lowest BCUT2D eigenvalue weighted by Gasteiger charge is -2.19. The molecule has 0 fully saturated rings. The highest BCUT2D eigenvalue weighted by Gasteiger charge is 2.13. The van der Waals surface area contributed by atoms with Gasteiger partial charge in [0, 0.05) is 16.9 Å². The summed E-state index contributed by atoms with van der Waals surface area (Å²) in [5.41, 5.74) is 6.21. The Hall–Kier alpha value is -0.650. The van der Waals surface area contributed by atoms with Gasteiger partial charge in [-0.15, -0.1) is 0 Å². The Morgan fingerprint density at radius 3 is 2.72 bits per heavy atom. The summed E-state index contributed by atoms with van der Waals surface area (Å²) in [6.07, 6.45) is 1.23. The van der Waals surface area contributed by atoms with Gasteiger partial charge in [-0.3, -0.25) is 0 Å². The molecular weight excluding hydrogens is 341 g/mol. The smallest absolute Gasteiger partial charge is 0.141 e.